The van der Waals surface area contributed by atoms with Gasteiger partial charge in [-0.3, -0.25) is 19.4 Å². The van der Waals surface area contributed by atoms with E-state index in [1.165, 1.54) is 32.6 Å². The first-order chi connectivity index (χ1) is 13.0. The number of aromatic nitrogens is 2. The standard InChI is InChI=1S/C18H19N5O4/c1-11(24)21-13-3-4-16(27-2)14(7-13)22-17(25)12-9-23(10-12)18(26)15-8-19-5-6-20-15/h3-8,12H,9-10H2,1-2H3,(H,21,24)(H,22,25). The van der Waals surface area contributed by atoms with Gasteiger partial charge in [-0.05, 0) is 18.2 Å². The van der Waals surface area contributed by atoms with Crippen LogP contribution in [0.2, 0.25) is 0 Å². The van der Waals surface area contributed by atoms with Gasteiger partial charge in [0.1, 0.15) is 11.4 Å². The van der Waals surface area contributed by atoms with Crippen LogP contribution in [-0.4, -0.2) is 52.8 Å². The molecular weight excluding hydrogens is 350 g/mol. The molecule has 0 aliphatic carbocycles. The minimum Gasteiger partial charge on any atom is -0.495 e. The van der Waals surface area contributed by atoms with Gasteiger partial charge in [-0.25, -0.2) is 4.98 Å². The van der Waals surface area contributed by atoms with E-state index in [1.807, 2.05) is 0 Å². The molecule has 3 rings (SSSR count). The van der Waals surface area contributed by atoms with Gasteiger partial charge in [0.2, 0.25) is 11.8 Å². The Hall–Kier alpha value is -3.49. The molecular formula is C18H19N5O4. The first-order valence-corrected chi connectivity index (χ1v) is 8.29. The van der Waals surface area contributed by atoms with Crippen molar-refractivity contribution in [3.63, 3.8) is 0 Å². The zero-order chi connectivity index (χ0) is 19.4. The number of benzene rings is 1. The Labute approximate surface area is 155 Å². The molecule has 0 radical (unpaired) electrons. The maximum absolute atomic E-state index is 12.5. The Balaban J connectivity index is 1.62. The van der Waals surface area contributed by atoms with Crippen LogP contribution in [0, 0.1) is 5.92 Å². The third-order valence-electron chi connectivity index (χ3n) is 4.10. The smallest absolute Gasteiger partial charge is 0.274 e. The van der Waals surface area contributed by atoms with Gasteiger partial charge in [0.05, 0.1) is 24.9 Å². The lowest BCUT2D eigenvalue weighted by Gasteiger charge is -2.37. The lowest BCUT2D eigenvalue weighted by atomic mass is 9.98. The fourth-order valence-corrected chi connectivity index (χ4v) is 2.70. The second-order valence-electron chi connectivity index (χ2n) is 6.08. The number of methoxy groups -OCH3 is 1. The van der Waals surface area contributed by atoms with Crippen molar-refractivity contribution in [2.75, 3.05) is 30.8 Å². The first kappa shape index (κ1) is 18.3. The largest absolute Gasteiger partial charge is 0.495 e. The lowest BCUT2D eigenvalue weighted by Crippen LogP contribution is -2.54. The van der Waals surface area contributed by atoms with Gasteiger partial charge >= 0.3 is 0 Å². The minimum absolute atomic E-state index is 0.213. The third kappa shape index (κ3) is 4.20. The molecule has 0 bridgehead atoms. The summed E-state index contributed by atoms with van der Waals surface area (Å²) in [5, 5.41) is 5.45. The maximum atomic E-state index is 12.5. The molecule has 2 aromatic rings. The molecule has 1 aliphatic rings. The van der Waals surface area contributed by atoms with Crippen LogP contribution in [0.3, 0.4) is 0 Å². The number of likely N-dealkylation sites (tertiary alicyclic amines) is 1. The van der Waals surface area contributed by atoms with E-state index in [1.54, 1.807) is 23.1 Å². The number of ether oxygens (including phenoxy) is 1. The van der Waals surface area contributed by atoms with Crippen LogP contribution >= 0.6 is 0 Å². The quantitative estimate of drug-likeness (QED) is 0.817. The number of hydrogen-bond acceptors (Lipinski definition) is 6. The van der Waals surface area contributed by atoms with Gasteiger partial charge in [-0.2, -0.15) is 0 Å². The van der Waals surface area contributed by atoms with Crippen molar-refractivity contribution in [1.29, 1.82) is 0 Å². The van der Waals surface area contributed by atoms with Crippen molar-refractivity contribution in [1.82, 2.24) is 14.9 Å². The fourth-order valence-electron chi connectivity index (χ4n) is 2.70. The predicted octanol–water partition coefficient (Wildman–Crippen LogP) is 1.15. The van der Waals surface area contributed by atoms with Crippen LogP contribution in [0.5, 0.6) is 5.75 Å². The highest BCUT2D eigenvalue weighted by Gasteiger charge is 2.36. The average molecular weight is 369 g/mol. The van der Waals surface area contributed by atoms with Crippen molar-refractivity contribution in [3.05, 3.63) is 42.5 Å². The van der Waals surface area contributed by atoms with Gasteiger partial charge in [0, 0.05) is 38.1 Å². The number of anilines is 2. The van der Waals surface area contributed by atoms with E-state index in [9.17, 15) is 14.4 Å². The molecule has 1 aromatic carbocycles. The molecule has 1 saturated heterocycles. The third-order valence-corrected chi connectivity index (χ3v) is 4.10. The number of carbonyl (C=O) groups is 3. The topological polar surface area (TPSA) is 114 Å². The number of amides is 3. The monoisotopic (exact) mass is 369 g/mol. The number of nitrogens with one attached hydrogen (secondary N) is 2. The summed E-state index contributed by atoms with van der Waals surface area (Å²) in [6.07, 6.45) is 4.34. The summed E-state index contributed by atoms with van der Waals surface area (Å²) < 4.78 is 5.25. The van der Waals surface area contributed by atoms with E-state index < -0.39 is 0 Å². The van der Waals surface area contributed by atoms with Crippen LogP contribution in [0.25, 0.3) is 0 Å². The van der Waals surface area contributed by atoms with E-state index in [0.29, 0.717) is 30.2 Å². The normalized spacial score (nSPS) is 13.5. The Morgan fingerprint density at radius 2 is 1.96 bits per heavy atom. The molecule has 0 atom stereocenters. The molecule has 3 amide bonds. The summed E-state index contributed by atoms with van der Waals surface area (Å²) in [7, 11) is 1.49. The summed E-state index contributed by atoms with van der Waals surface area (Å²) in [5.74, 6) is -0.549. The van der Waals surface area contributed by atoms with E-state index in [2.05, 4.69) is 20.6 Å². The number of hydrogen-bond donors (Lipinski definition) is 2. The van der Waals surface area contributed by atoms with Crippen molar-refractivity contribution in [2.24, 2.45) is 5.92 Å². The predicted molar refractivity (Wildman–Crippen MR) is 97.4 cm³/mol. The van der Waals surface area contributed by atoms with Gasteiger partial charge < -0.3 is 20.3 Å². The highest BCUT2D eigenvalue weighted by atomic mass is 16.5. The van der Waals surface area contributed by atoms with E-state index in [0.717, 1.165) is 0 Å². The van der Waals surface area contributed by atoms with Gasteiger partial charge in [0.25, 0.3) is 5.91 Å². The molecule has 1 aromatic heterocycles. The van der Waals surface area contributed by atoms with Crippen LogP contribution in [-0.2, 0) is 9.59 Å². The Morgan fingerprint density at radius 3 is 2.59 bits per heavy atom. The van der Waals surface area contributed by atoms with Crippen molar-refractivity contribution in [2.45, 2.75) is 6.92 Å². The lowest BCUT2D eigenvalue weighted by molar-refractivity contribution is -0.123. The second-order valence-corrected chi connectivity index (χ2v) is 6.08. The molecule has 27 heavy (non-hydrogen) atoms. The molecule has 1 fully saturated rings. The maximum Gasteiger partial charge on any atom is 0.274 e. The van der Waals surface area contributed by atoms with Crippen LogP contribution in [0.4, 0.5) is 11.4 Å². The van der Waals surface area contributed by atoms with Crippen LogP contribution < -0.4 is 15.4 Å². The van der Waals surface area contributed by atoms with E-state index >= 15 is 0 Å². The molecule has 140 valence electrons. The molecule has 2 N–H and O–H groups in total. The molecule has 2 heterocycles. The molecule has 0 saturated carbocycles. The van der Waals surface area contributed by atoms with Gasteiger partial charge in [-0.15, -0.1) is 0 Å². The van der Waals surface area contributed by atoms with Crippen LogP contribution in [0.1, 0.15) is 17.4 Å². The number of nitrogens with zero attached hydrogens (tertiary/aromatic N) is 3. The van der Waals surface area contributed by atoms with Gasteiger partial charge in [0.15, 0.2) is 0 Å². The summed E-state index contributed by atoms with van der Waals surface area (Å²) in [5.41, 5.74) is 1.25. The minimum atomic E-state index is -0.334. The fraction of sp³-hybridized carbons (Fsp3) is 0.278. The summed E-state index contributed by atoms with van der Waals surface area (Å²) in [6, 6.07) is 4.96. The van der Waals surface area contributed by atoms with Crippen molar-refractivity contribution >= 4 is 29.1 Å². The van der Waals surface area contributed by atoms with Crippen molar-refractivity contribution in [3.8, 4) is 5.75 Å². The molecule has 1 aliphatic heterocycles. The Kier molecular flexibility index (Phi) is 5.30. The summed E-state index contributed by atoms with van der Waals surface area (Å²) >= 11 is 0. The summed E-state index contributed by atoms with van der Waals surface area (Å²) in [4.78, 5) is 45.3. The SMILES string of the molecule is COc1ccc(NC(C)=O)cc1NC(=O)C1CN(C(=O)c2cnccn2)C1. The van der Waals surface area contributed by atoms with Crippen LogP contribution in [0.15, 0.2) is 36.8 Å². The first-order valence-electron chi connectivity index (χ1n) is 8.29. The van der Waals surface area contributed by atoms with Gasteiger partial charge in [-0.1, -0.05) is 0 Å². The second kappa shape index (κ2) is 7.81. The van der Waals surface area contributed by atoms with E-state index in [4.69, 9.17) is 4.74 Å². The zero-order valence-corrected chi connectivity index (χ0v) is 14.9. The average Bonchev–Trinajstić information content (AvgIpc) is 2.61. The highest BCUT2D eigenvalue weighted by molar-refractivity contribution is 5.99. The van der Waals surface area contributed by atoms with Crippen molar-refractivity contribution < 1.29 is 19.1 Å². The Morgan fingerprint density at radius 1 is 1.19 bits per heavy atom. The summed E-state index contributed by atoms with van der Waals surface area (Å²) in [6.45, 7) is 2.00. The number of rotatable bonds is 5. The molecule has 0 unspecified atom stereocenters. The molecule has 0 spiro atoms. The molecule has 9 heteroatoms. The molecule has 9 nitrogen and oxygen atoms in total. The highest BCUT2D eigenvalue weighted by Crippen LogP contribution is 2.29. The van der Waals surface area contributed by atoms with E-state index in [-0.39, 0.29) is 29.3 Å². The number of carbonyl (C=O) groups excluding carboxylic acids is 3. The zero-order valence-electron chi connectivity index (χ0n) is 14.9. The Bertz CT molecular complexity index is 865.